The molecule has 2 aliphatic rings. The normalized spacial score (nSPS) is 12.0. The minimum atomic E-state index is -0.610. The third-order valence-corrected chi connectivity index (χ3v) is 7.65. The molecular weight excluding hydrogens is 554 g/mol. The first-order valence-electron chi connectivity index (χ1n) is 12.9. The lowest BCUT2D eigenvalue weighted by molar-refractivity contribution is 0.627. The highest BCUT2D eigenvalue weighted by atomic mass is 19.1. The molecule has 4 aromatic carbocycles. The molecule has 6 nitrogen and oxygen atoms in total. The first-order chi connectivity index (χ1) is 21.4. The summed E-state index contributed by atoms with van der Waals surface area (Å²) in [5.74, 6) is -1.22. The molecule has 6 rings (SSSR count). The van der Waals surface area contributed by atoms with Gasteiger partial charge in [0.2, 0.25) is 0 Å². The molecule has 0 aromatic heterocycles. The van der Waals surface area contributed by atoms with Crippen molar-refractivity contribution in [1.29, 1.82) is 31.6 Å². The standard InChI is InChI=1S/C36H12F2N6/c37-23-7-9-25(19(11-23)13-39)27-3-1-5-29-33(27)31(21(15-41)16-42)36-30-6-2-4-28(26-10-8-24(38)12-20(26)14-40)34(30)32(35(29)36)22(17-43)18-44/h1-12H. The van der Waals surface area contributed by atoms with Crippen molar-refractivity contribution >= 4 is 22.3 Å². The lowest BCUT2D eigenvalue weighted by atomic mass is 9.82. The van der Waals surface area contributed by atoms with Crippen molar-refractivity contribution in [1.82, 2.24) is 0 Å². The van der Waals surface area contributed by atoms with Crippen LogP contribution in [0, 0.1) is 79.6 Å². The summed E-state index contributed by atoms with van der Waals surface area (Å²) >= 11 is 0. The second-order valence-corrected chi connectivity index (χ2v) is 9.76. The van der Waals surface area contributed by atoms with E-state index in [1.807, 2.05) is 36.4 Å². The highest BCUT2D eigenvalue weighted by molar-refractivity contribution is 6.39. The van der Waals surface area contributed by atoms with Crippen molar-refractivity contribution in [3.8, 4) is 58.7 Å². The van der Waals surface area contributed by atoms with Gasteiger partial charge >= 0.3 is 0 Å². The smallest absolute Gasteiger partial charge is 0.138 e. The maximum absolute atomic E-state index is 14.1. The maximum Gasteiger partial charge on any atom is 0.138 e. The van der Waals surface area contributed by atoms with Crippen LogP contribution in [0.1, 0.15) is 33.4 Å². The Morgan fingerprint density at radius 3 is 1.16 bits per heavy atom. The van der Waals surface area contributed by atoms with E-state index >= 15 is 0 Å². The van der Waals surface area contributed by atoms with Crippen molar-refractivity contribution in [2.75, 3.05) is 0 Å². The van der Waals surface area contributed by atoms with Gasteiger partial charge in [-0.3, -0.25) is 0 Å². The third kappa shape index (κ3) is 3.79. The number of benzene rings is 4. The van der Waals surface area contributed by atoms with Crippen LogP contribution >= 0.6 is 0 Å². The van der Waals surface area contributed by atoms with Crippen LogP contribution in [0.15, 0.2) is 83.9 Å². The number of halogens is 2. The van der Waals surface area contributed by atoms with E-state index in [-0.39, 0.29) is 33.4 Å². The molecular formula is C36H12F2N6. The summed E-state index contributed by atoms with van der Waals surface area (Å²) in [6, 6.07) is 29.6. The quantitative estimate of drug-likeness (QED) is 0.229. The average molecular weight is 567 g/mol. The Kier molecular flexibility index (Phi) is 6.39. The van der Waals surface area contributed by atoms with E-state index in [1.54, 1.807) is 36.4 Å². The van der Waals surface area contributed by atoms with Gasteiger partial charge in [0.25, 0.3) is 0 Å². The third-order valence-electron chi connectivity index (χ3n) is 7.65. The molecule has 0 fully saturated rings. The molecule has 0 saturated heterocycles. The highest BCUT2D eigenvalue weighted by Crippen LogP contribution is 2.62. The Balaban J connectivity index is 1.78. The molecule has 0 aliphatic heterocycles. The molecule has 0 atom stereocenters. The predicted octanol–water partition coefficient (Wildman–Crippen LogP) is 7.58. The van der Waals surface area contributed by atoms with E-state index in [2.05, 4.69) is 0 Å². The van der Waals surface area contributed by atoms with Crippen molar-refractivity contribution in [2.45, 2.75) is 0 Å². The van der Waals surface area contributed by atoms with Gasteiger partial charge in [0.05, 0.1) is 23.3 Å². The van der Waals surface area contributed by atoms with Crippen molar-refractivity contribution in [3.63, 3.8) is 0 Å². The minimum absolute atomic E-state index is 0.0359. The molecule has 0 spiro atoms. The summed E-state index contributed by atoms with van der Waals surface area (Å²) in [4.78, 5) is 0. The SMILES string of the molecule is N#CC(C#N)=C1C2=C(C(=C(C#N)C#N)c3c2cccc3-c2ccc(F)cc2C#N)c2cccc(-c3ccc(F)cc3C#N)c21. The van der Waals surface area contributed by atoms with Crippen LogP contribution in [0.2, 0.25) is 0 Å². The van der Waals surface area contributed by atoms with Gasteiger partial charge in [-0.1, -0.05) is 48.5 Å². The van der Waals surface area contributed by atoms with E-state index in [0.717, 1.165) is 12.1 Å². The fraction of sp³-hybridized carbons (Fsp3) is 0. The van der Waals surface area contributed by atoms with E-state index in [1.165, 1.54) is 24.3 Å². The van der Waals surface area contributed by atoms with Crippen LogP contribution in [0.5, 0.6) is 0 Å². The van der Waals surface area contributed by atoms with E-state index in [4.69, 9.17) is 0 Å². The molecule has 0 unspecified atom stereocenters. The Morgan fingerprint density at radius 1 is 0.455 bits per heavy atom. The lowest BCUT2D eigenvalue weighted by Gasteiger charge is -2.19. The van der Waals surface area contributed by atoms with Crippen LogP contribution in [0.4, 0.5) is 8.78 Å². The number of nitrogens with zero attached hydrogens (tertiary/aromatic N) is 6. The summed E-state index contributed by atoms with van der Waals surface area (Å²) in [7, 11) is 0. The van der Waals surface area contributed by atoms with Crippen LogP contribution in [-0.4, -0.2) is 0 Å². The van der Waals surface area contributed by atoms with Gasteiger partial charge in [-0.15, -0.1) is 0 Å². The Labute approximate surface area is 250 Å². The van der Waals surface area contributed by atoms with Crippen molar-refractivity contribution in [2.24, 2.45) is 0 Å². The predicted molar refractivity (Wildman–Crippen MR) is 156 cm³/mol. The van der Waals surface area contributed by atoms with Crippen molar-refractivity contribution in [3.05, 3.63) is 129 Å². The first kappa shape index (κ1) is 27.1. The fourth-order valence-electron chi connectivity index (χ4n) is 6.01. The largest absolute Gasteiger partial charge is 0.207 e. The van der Waals surface area contributed by atoms with Gasteiger partial charge in [-0.05, 0) is 46.5 Å². The number of allylic oxidation sites excluding steroid dienone is 6. The van der Waals surface area contributed by atoms with Gasteiger partial charge in [0.1, 0.15) is 47.1 Å². The summed E-state index contributed by atoms with van der Waals surface area (Å²) in [6.07, 6.45) is 0. The number of hydrogen-bond donors (Lipinski definition) is 0. The zero-order valence-corrected chi connectivity index (χ0v) is 22.4. The number of fused-ring (bicyclic) bond motifs is 4. The number of hydrogen-bond acceptors (Lipinski definition) is 6. The fourth-order valence-corrected chi connectivity index (χ4v) is 6.01. The molecule has 0 saturated carbocycles. The van der Waals surface area contributed by atoms with E-state index < -0.39 is 11.6 Å². The zero-order chi connectivity index (χ0) is 31.1. The molecule has 0 heterocycles. The summed E-state index contributed by atoms with van der Waals surface area (Å²) < 4.78 is 28.2. The molecule has 44 heavy (non-hydrogen) atoms. The van der Waals surface area contributed by atoms with Crippen molar-refractivity contribution < 1.29 is 8.78 Å². The monoisotopic (exact) mass is 566 g/mol. The van der Waals surface area contributed by atoms with Gasteiger partial charge in [0, 0.05) is 44.5 Å². The van der Waals surface area contributed by atoms with E-state index in [9.17, 15) is 40.4 Å². The maximum atomic E-state index is 14.1. The first-order valence-corrected chi connectivity index (χ1v) is 12.9. The number of rotatable bonds is 2. The molecule has 200 valence electrons. The van der Waals surface area contributed by atoms with Gasteiger partial charge in [0.15, 0.2) is 0 Å². The highest BCUT2D eigenvalue weighted by Gasteiger charge is 2.42. The number of nitriles is 6. The lowest BCUT2D eigenvalue weighted by Crippen LogP contribution is -2.01. The summed E-state index contributed by atoms with van der Waals surface area (Å²) in [5.41, 5.74) is 4.30. The Morgan fingerprint density at radius 2 is 0.818 bits per heavy atom. The molecule has 4 aromatic rings. The second-order valence-electron chi connectivity index (χ2n) is 9.76. The Hall–Kier alpha value is -7.10. The average Bonchev–Trinajstić information content (AvgIpc) is 3.56. The summed E-state index contributed by atoms with van der Waals surface area (Å²) in [6.45, 7) is 0. The van der Waals surface area contributed by atoms with Gasteiger partial charge < -0.3 is 0 Å². The van der Waals surface area contributed by atoms with Gasteiger partial charge in [-0.25, -0.2) is 8.78 Å². The molecule has 8 heteroatoms. The van der Waals surface area contributed by atoms with E-state index in [0.29, 0.717) is 55.7 Å². The minimum Gasteiger partial charge on any atom is -0.207 e. The molecule has 2 aliphatic carbocycles. The van der Waals surface area contributed by atoms with Crippen LogP contribution < -0.4 is 0 Å². The second kappa shape index (κ2) is 10.4. The van der Waals surface area contributed by atoms with Gasteiger partial charge in [-0.2, -0.15) is 31.6 Å². The zero-order valence-electron chi connectivity index (χ0n) is 22.4. The topological polar surface area (TPSA) is 143 Å². The molecule has 0 radical (unpaired) electrons. The van der Waals surface area contributed by atoms with Crippen LogP contribution in [0.3, 0.4) is 0 Å². The van der Waals surface area contributed by atoms with Crippen LogP contribution in [-0.2, 0) is 0 Å². The molecule has 0 amide bonds. The van der Waals surface area contributed by atoms with Crippen LogP contribution in [0.25, 0.3) is 44.5 Å². The Bertz CT molecular complexity index is 2170. The summed E-state index contributed by atoms with van der Waals surface area (Å²) in [5, 5.41) is 60.2. The molecule has 0 N–H and O–H groups in total. The molecule has 0 bridgehead atoms.